The highest BCUT2D eigenvalue weighted by atomic mass is 19.1. The summed E-state index contributed by atoms with van der Waals surface area (Å²) >= 11 is 0. The van der Waals surface area contributed by atoms with Crippen molar-refractivity contribution in [3.8, 4) is 0 Å². The maximum absolute atomic E-state index is 13.4. The van der Waals surface area contributed by atoms with Gasteiger partial charge in [0.2, 0.25) is 5.95 Å². The second-order valence-corrected chi connectivity index (χ2v) is 4.71. The lowest BCUT2D eigenvalue weighted by atomic mass is 10.2. The molecule has 0 spiro atoms. The van der Waals surface area contributed by atoms with Crippen LogP contribution in [0.25, 0.3) is 10.9 Å². The number of anilines is 2. The van der Waals surface area contributed by atoms with Crippen LogP contribution < -0.4 is 16.6 Å². The highest BCUT2D eigenvalue weighted by molar-refractivity contribution is 5.79. The lowest BCUT2D eigenvalue weighted by molar-refractivity contribution is 0.628. The molecule has 3 rings (SSSR count). The van der Waals surface area contributed by atoms with Gasteiger partial charge in [-0.25, -0.2) is 9.37 Å². The first kappa shape index (κ1) is 14.2. The monoisotopic (exact) mass is 299 g/mol. The van der Waals surface area contributed by atoms with E-state index in [9.17, 15) is 9.18 Å². The fourth-order valence-electron chi connectivity index (χ4n) is 2.19. The van der Waals surface area contributed by atoms with E-state index in [0.717, 1.165) is 0 Å². The molecule has 0 aliphatic rings. The molecule has 0 aliphatic carbocycles. The molecule has 3 N–H and O–H groups in total. The SMILES string of the molecule is NCCn1c(Nc2cccnc2)nc2ccc(F)cc2c1=O. The van der Waals surface area contributed by atoms with Crippen molar-refractivity contribution in [3.63, 3.8) is 0 Å². The fourth-order valence-corrected chi connectivity index (χ4v) is 2.19. The van der Waals surface area contributed by atoms with Crippen molar-refractivity contribution in [2.24, 2.45) is 5.73 Å². The Hall–Kier alpha value is -2.80. The molecular weight excluding hydrogens is 285 g/mol. The second-order valence-electron chi connectivity index (χ2n) is 4.71. The van der Waals surface area contributed by atoms with Crippen molar-refractivity contribution in [2.45, 2.75) is 6.54 Å². The number of nitrogens with zero attached hydrogens (tertiary/aromatic N) is 3. The molecule has 7 heteroatoms. The first-order chi connectivity index (χ1) is 10.7. The first-order valence-corrected chi connectivity index (χ1v) is 6.76. The average molecular weight is 299 g/mol. The minimum atomic E-state index is -0.473. The highest BCUT2D eigenvalue weighted by Gasteiger charge is 2.11. The van der Waals surface area contributed by atoms with E-state index in [1.807, 2.05) is 0 Å². The van der Waals surface area contributed by atoms with Crippen LogP contribution in [0.1, 0.15) is 0 Å². The molecule has 22 heavy (non-hydrogen) atoms. The smallest absolute Gasteiger partial charge is 0.262 e. The van der Waals surface area contributed by atoms with Gasteiger partial charge in [-0.2, -0.15) is 0 Å². The average Bonchev–Trinajstić information content (AvgIpc) is 2.53. The number of hydrogen-bond donors (Lipinski definition) is 2. The number of hydrogen-bond acceptors (Lipinski definition) is 5. The van der Waals surface area contributed by atoms with Crippen LogP contribution in [0.3, 0.4) is 0 Å². The molecule has 3 aromatic rings. The van der Waals surface area contributed by atoms with Crippen LogP contribution in [0.2, 0.25) is 0 Å². The van der Waals surface area contributed by atoms with Gasteiger partial charge in [0.05, 0.1) is 22.8 Å². The second kappa shape index (κ2) is 5.90. The van der Waals surface area contributed by atoms with Crippen LogP contribution in [-0.4, -0.2) is 21.1 Å². The standard InChI is InChI=1S/C15H14FN5O/c16-10-3-4-13-12(8-10)14(22)21(7-5-17)15(20-13)19-11-2-1-6-18-9-11/h1-4,6,8-9H,5,7,17H2,(H,19,20). The minimum absolute atomic E-state index is 0.227. The number of nitrogens with one attached hydrogen (secondary N) is 1. The van der Waals surface area contributed by atoms with Gasteiger partial charge in [0.25, 0.3) is 5.56 Å². The van der Waals surface area contributed by atoms with Crippen LogP contribution in [0.15, 0.2) is 47.5 Å². The summed E-state index contributed by atoms with van der Waals surface area (Å²) in [5, 5.41) is 3.27. The summed E-state index contributed by atoms with van der Waals surface area (Å²) in [5.74, 6) is -0.124. The molecule has 0 bridgehead atoms. The van der Waals surface area contributed by atoms with Gasteiger partial charge < -0.3 is 11.1 Å². The van der Waals surface area contributed by atoms with E-state index in [-0.39, 0.29) is 24.0 Å². The van der Waals surface area contributed by atoms with Crippen LogP contribution in [0.5, 0.6) is 0 Å². The zero-order chi connectivity index (χ0) is 15.5. The highest BCUT2D eigenvalue weighted by Crippen LogP contribution is 2.16. The third kappa shape index (κ3) is 2.66. The van der Waals surface area contributed by atoms with E-state index in [1.165, 1.54) is 22.8 Å². The minimum Gasteiger partial charge on any atom is -0.329 e. The van der Waals surface area contributed by atoms with Crippen LogP contribution in [-0.2, 0) is 6.54 Å². The summed E-state index contributed by atoms with van der Waals surface area (Å²) < 4.78 is 14.8. The predicted molar refractivity (Wildman–Crippen MR) is 82.5 cm³/mol. The molecule has 0 fully saturated rings. The normalized spacial score (nSPS) is 10.8. The lowest BCUT2D eigenvalue weighted by Crippen LogP contribution is -2.27. The van der Waals surface area contributed by atoms with Crippen LogP contribution in [0.4, 0.5) is 16.0 Å². The molecule has 2 aromatic heterocycles. The number of rotatable bonds is 4. The molecule has 112 valence electrons. The van der Waals surface area contributed by atoms with Crippen molar-refractivity contribution >= 4 is 22.5 Å². The molecular formula is C15H14FN5O. The van der Waals surface area contributed by atoms with E-state index < -0.39 is 5.82 Å². The quantitative estimate of drug-likeness (QED) is 0.765. The number of nitrogens with two attached hydrogens (primary N) is 1. The summed E-state index contributed by atoms with van der Waals surface area (Å²) in [7, 11) is 0. The van der Waals surface area contributed by atoms with E-state index in [2.05, 4.69) is 15.3 Å². The zero-order valence-electron chi connectivity index (χ0n) is 11.7. The van der Waals surface area contributed by atoms with Crippen LogP contribution >= 0.6 is 0 Å². The van der Waals surface area contributed by atoms with Crippen molar-refractivity contribution in [1.29, 1.82) is 0 Å². The van der Waals surface area contributed by atoms with Crippen molar-refractivity contribution < 1.29 is 4.39 Å². The Kier molecular flexibility index (Phi) is 3.80. The van der Waals surface area contributed by atoms with Gasteiger partial charge in [-0.05, 0) is 30.3 Å². The molecule has 6 nitrogen and oxygen atoms in total. The number of halogens is 1. The van der Waals surface area contributed by atoms with Gasteiger partial charge in [0.1, 0.15) is 5.82 Å². The molecule has 1 aromatic carbocycles. The summed E-state index contributed by atoms with van der Waals surface area (Å²) in [5.41, 5.74) is 6.35. The number of pyridine rings is 1. The molecule has 0 saturated heterocycles. The molecule has 0 atom stereocenters. The van der Waals surface area contributed by atoms with Gasteiger partial charge >= 0.3 is 0 Å². The molecule has 0 aliphatic heterocycles. The third-order valence-corrected chi connectivity index (χ3v) is 3.19. The number of fused-ring (bicyclic) bond motifs is 1. The molecule has 0 radical (unpaired) electrons. The maximum atomic E-state index is 13.4. The molecule has 0 saturated carbocycles. The molecule has 0 amide bonds. The zero-order valence-corrected chi connectivity index (χ0v) is 11.7. The van der Waals surface area contributed by atoms with E-state index in [1.54, 1.807) is 24.5 Å². The van der Waals surface area contributed by atoms with E-state index in [4.69, 9.17) is 5.73 Å². The van der Waals surface area contributed by atoms with Gasteiger partial charge in [0.15, 0.2) is 0 Å². The maximum Gasteiger partial charge on any atom is 0.262 e. The Labute approximate surface area is 125 Å². The van der Waals surface area contributed by atoms with Crippen molar-refractivity contribution in [3.05, 3.63) is 58.9 Å². The third-order valence-electron chi connectivity index (χ3n) is 3.19. The summed E-state index contributed by atoms with van der Waals surface area (Å²) in [6, 6.07) is 7.51. The summed E-state index contributed by atoms with van der Waals surface area (Å²) in [4.78, 5) is 20.9. The van der Waals surface area contributed by atoms with Gasteiger partial charge in [-0.1, -0.05) is 0 Å². The van der Waals surface area contributed by atoms with Gasteiger partial charge in [0, 0.05) is 19.3 Å². The Morgan fingerprint density at radius 3 is 2.91 bits per heavy atom. The topological polar surface area (TPSA) is 85.8 Å². The van der Waals surface area contributed by atoms with Crippen molar-refractivity contribution in [2.75, 3.05) is 11.9 Å². The Morgan fingerprint density at radius 2 is 2.18 bits per heavy atom. The van der Waals surface area contributed by atoms with Crippen molar-refractivity contribution in [1.82, 2.24) is 14.5 Å². The molecule has 2 heterocycles. The summed E-state index contributed by atoms with van der Waals surface area (Å²) in [6.45, 7) is 0.547. The largest absolute Gasteiger partial charge is 0.329 e. The predicted octanol–water partition coefficient (Wildman–Crippen LogP) is 1.63. The fraction of sp³-hybridized carbons (Fsp3) is 0.133. The Bertz CT molecular complexity index is 863. The molecule has 0 unspecified atom stereocenters. The number of aromatic nitrogens is 3. The van der Waals surface area contributed by atoms with Crippen LogP contribution in [0, 0.1) is 5.82 Å². The van der Waals surface area contributed by atoms with Gasteiger partial charge in [-0.3, -0.25) is 14.3 Å². The number of benzene rings is 1. The van der Waals surface area contributed by atoms with E-state index in [0.29, 0.717) is 17.2 Å². The Morgan fingerprint density at radius 1 is 1.32 bits per heavy atom. The summed E-state index contributed by atoms with van der Waals surface area (Å²) in [6.07, 6.45) is 3.27. The van der Waals surface area contributed by atoms with E-state index >= 15 is 0 Å². The lowest BCUT2D eigenvalue weighted by Gasteiger charge is -2.14. The van der Waals surface area contributed by atoms with Gasteiger partial charge in [-0.15, -0.1) is 0 Å². The Balaban J connectivity index is 2.17. The first-order valence-electron chi connectivity index (χ1n) is 6.76.